The predicted octanol–water partition coefficient (Wildman–Crippen LogP) is 4.03. The first-order chi connectivity index (χ1) is 19.5. The second kappa shape index (κ2) is 10.3. The van der Waals surface area contributed by atoms with Crippen LogP contribution >= 0.6 is 15.9 Å². The van der Waals surface area contributed by atoms with Crippen molar-refractivity contribution in [3.63, 3.8) is 0 Å². The summed E-state index contributed by atoms with van der Waals surface area (Å²) in [7, 11) is -4.34. The molecular weight excluding hydrogens is 634 g/mol. The van der Waals surface area contributed by atoms with Crippen molar-refractivity contribution in [2.45, 2.75) is 24.5 Å². The number of fused-ring (bicyclic) bond motifs is 3. The summed E-state index contributed by atoms with van der Waals surface area (Å²) in [4.78, 5) is 17.2. The van der Waals surface area contributed by atoms with Crippen LogP contribution in [0.15, 0.2) is 52.2 Å². The van der Waals surface area contributed by atoms with Gasteiger partial charge in [0.1, 0.15) is 29.3 Å². The summed E-state index contributed by atoms with van der Waals surface area (Å²) in [6, 6.07) is 5.64. The molecule has 1 aromatic heterocycles. The number of nitrogens with one attached hydrogen (secondary N) is 2. The lowest BCUT2D eigenvalue weighted by Crippen LogP contribution is -2.34. The van der Waals surface area contributed by atoms with Crippen molar-refractivity contribution < 1.29 is 30.7 Å². The van der Waals surface area contributed by atoms with Crippen LogP contribution in [0.3, 0.4) is 0 Å². The highest BCUT2D eigenvalue weighted by atomic mass is 79.9. The third kappa shape index (κ3) is 5.63. The number of ether oxygens (including phenoxy) is 1. The molecule has 1 aromatic carbocycles. The second-order valence-corrected chi connectivity index (χ2v) is 12.0. The maximum atomic E-state index is 15.0. The maximum absolute atomic E-state index is 15.0. The molecule has 1 fully saturated rings. The molecule has 5 heterocycles. The lowest BCUT2D eigenvalue weighted by Gasteiger charge is -2.21. The summed E-state index contributed by atoms with van der Waals surface area (Å²) in [6.07, 6.45) is -2.15. The van der Waals surface area contributed by atoms with Crippen molar-refractivity contribution in [3.05, 3.63) is 69.9 Å². The van der Waals surface area contributed by atoms with Gasteiger partial charge in [-0.2, -0.15) is 18.2 Å². The Kier molecular flexibility index (Phi) is 6.94. The Morgan fingerprint density at radius 3 is 2.71 bits per heavy atom. The van der Waals surface area contributed by atoms with Crippen molar-refractivity contribution in [1.82, 2.24) is 19.5 Å². The molecular formula is C25H20BrF4N7O3S. The quantitative estimate of drug-likeness (QED) is 0.301. The van der Waals surface area contributed by atoms with E-state index < -0.39 is 33.3 Å². The zero-order valence-corrected chi connectivity index (χ0v) is 23.3. The summed E-state index contributed by atoms with van der Waals surface area (Å²) in [5.74, 6) is -0.435. The Labute approximate surface area is 239 Å². The Morgan fingerprint density at radius 1 is 1.17 bits per heavy atom. The standard InChI is InChI=1S/C25H20BrF4N7O3S/c26-19-8-20(27)21(36-41(38,39)12-15-6-14(1-2-31-15)25(28,29)30)7-17(19)18-5-13-9-33-24(34-16-10-40-11-16)35-22(13)37-4-3-32-23(18)37/h1-2,5-9,16,32,36H,3-4,10-12H2. The third-order valence-corrected chi connectivity index (χ3v) is 8.37. The van der Waals surface area contributed by atoms with Gasteiger partial charge in [0.15, 0.2) is 0 Å². The lowest BCUT2D eigenvalue weighted by molar-refractivity contribution is -0.137. The van der Waals surface area contributed by atoms with Crippen molar-refractivity contribution >= 4 is 37.5 Å². The maximum Gasteiger partial charge on any atom is 0.416 e. The molecule has 16 heteroatoms. The second-order valence-electron chi connectivity index (χ2n) is 9.46. The fraction of sp³-hybridized carbons (Fsp3) is 0.280. The Hall–Kier alpha value is -3.63. The van der Waals surface area contributed by atoms with Crippen LogP contribution in [-0.4, -0.2) is 53.7 Å². The van der Waals surface area contributed by atoms with Crippen LogP contribution < -0.4 is 15.7 Å². The molecule has 6 rings (SSSR count). The van der Waals surface area contributed by atoms with Crippen LogP contribution in [0, 0.1) is 5.82 Å². The van der Waals surface area contributed by atoms with Gasteiger partial charge in [-0.1, -0.05) is 15.9 Å². The number of aromatic nitrogens is 4. The number of anilines is 2. The minimum absolute atomic E-state index is 0.0182. The van der Waals surface area contributed by atoms with E-state index in [1.165, 1.54) is 6.07 Å². The molecule has 2 N–H and O–H groups in total. The molecule has 4 aliphatic heterocycles. The molecule has 0 saturated carbocycles. The van der Waals surface area contributed by atoms with E-state index in [0.29, 0.717) is 70.8 Å². The minimum atomic E-state index is -4.67. The average molecular weight is 654 g/mol. The van der Waals surface area contributed by atoms with Crippen molar-refractivity contribution in [1.29, 1.82) is 0 Å². The monoisotopic (exact) mass is 653 g/mol. The fourth-order valence-corrected chi connectivity index (χ4v) is 6.19. The number of hydrogen-bond acceptors (Lipinski definition) is 8. The van der Waals surface area contributed by atoms with E-state index in [2.05, 4.69) is 45.9 Å². The molecule has 0 aliphatic carbocycles. The first-order valence-corrected chi connectivity index (χ1v) is 14.7. The number of benzene rings is 1. The Morgan fingerprint density at radius 2 is 1.98 bits per heavy atom. The van der Waals surface area contributed by atoms with Gasteiger partial charge >= 0.3 is 6.18 Å². The van der Waals surface area contributed by atoms with Crippen LogP contribution in [0.4, 0.5) is 29.1 Å². The van der Waals surface area contributed by atoms with Crippen LogP contribution in [0.2, 0.25) is 0 Å². The average Bonchev–Trinajstić information content (AvgIpc) is 3.37. The molecule has 0 unspecified atom stereocenters. The first kappa shape index (κ1) is 27.5. The highest BCUT2D eigenvalue weighted by molar-refractivity contribution is 9.10. The highest BCUT2D eigenvalue weighted by Crippen LogP contribution is 2.41. The van der Waals surface area contributed by atoms with Gasteiger partial charge in [-0.15, -0.1) is 0 Å². The van der Waals surface area contributed by atoms with Crippen molar-refractivity contribution in [3.8, 4) is 22.5 Å². The highest BCUT2D eigenvalue weighted by Gasteiger charge is 2.31. The Balaban J connectivity index is 1.36. The van der Waals surface area contributed by atoms with Gasteiger partial charge < -0.3 is 14.6 Å². The molecule has 0 atom stereocenters. The largest absolute Gasteiger partial charge is 0.416 e. The van der Waals surface area contributed by atoms with Gasteiger partial charge in [-0.3, -0.25) is 9.71 Å². The third-order valence-electron chi connectivity index (χ3n) is 6.50. The van der Waals surface area contributed by atoms with Gasteiger partial charge in [-0.05, 0) is 30.3 Å². The van der Waals surface area contributed by atoms with Crippen LogP contribution in [0.1, 0.15) is 11.3 Å². The van der Waals surface area contributed by atoms with Gasteiger partial charge in [-0.25, -0.2) is 22.8 Å². The van der Waals surface area contributed by atoms with E-state index >= 15 is 0 Å². The molecule has 0 bridgehead atoms. The van der Waals surface area contributed by atoms with Gasteiger partial charge in [0.2, 0.25) is 15.6 Å². The molecule has 0 radical (unpaired) electrons. The lowest BCUT2D eigenvalue weighted by atomic mass is 10.0. The molecule has 1 saturated heterocycles. The number of pyridine rings is 2. The van der Waals surface area contributed by atoms with Crippen LogP contribution in [-0.2, 0) is 33.2 Å². The molecule has 41 heavy (non-hydrogen) atoms. The Bertz CT molecular complexity index is 1810. The first-order valence-electron chi connectivity index (χ1n) is 12.2. The van der Waals surface area contributed by atoms with E-state index in [-0.39, 0.29) is 17.4 Å². The van der Waals surface area contributed by atoms with Gasteiger partial charge in [0.05, 0.1) is 30.2 Å². The SMILES string of the molecule is O=S(=O)(Cc1cc(C(F)(F)F)ccn1)Nc1cc(-c2cc3cnc(=NC4COC4)nc-3n3c2NCC3)c(Br)cc1F. The van der Waals surface area contributed by atoms with Gasteiger partial charge in [0.25, 0.3) is 0 Å². The van der Waals surface area contributed by atoms with E-state index in [4.69, 9.17) is 4.74 Å². The van der Waals surface area contributed by atoms with Crippen LogP contribution in [0.25, 0.3) is 22.5 Å². The smallest absolute Gasteiger partial charge is 0.377 e. The zero-order chi connectivity index (χ0) is 28.9. The summed E-state index contributed by atoms with van der Waals surface area (Å²) in [5, 5.41) is 3.30. The minimum Gasteiger partial charge on any atom is -0.377 e. The number of hydrogen-bond donors (Lipinski definition) is 2. The van der Waals surface area contributed by atoms with Crippen molar-refractivity contribution in [2.75, 3.05) is 29.8 Å². The fourth-order valence-electron chi connectivity index (χ4n) is 4.55. The molecule has 214 valence electrons. The number of alkyl halides is 3. The summed E-state index contributed by atoms with van der Waals surface area (Å²) < 4.78 is 89.4. The zero-order valence-electron chi connectivity index (χ0n) is 20.9. The molecule has 10 nitrogen and oxygen atoms in total. The normalized spacial score (nSPS) is 16.0. The van der Waals surface area contributed by atoms with E-state index in [1.54, 1.807) is 12.3 Å². The number of sulfonamides is 1. The molecule has 0 amide bonds. The van der Waals surface area contributed by atoms with E-state index in [1.807, 2.05) is 4.57 Å². The topological polar surface area (TPSA) is 123 Å². The van der Waals surface area contributed by atoms with Gasteiger partial charge in [0, 0.05) is 46.6 Å². The summed E-state index contributed by atoms with van der Waals surface area (Å²) in [5.41, 5.74) is 0.366. The summed E-state index contributed by atoms with van der Waals surface area (Å²) >= 11 is 3.37. The number of nitrogens with zero attached hydrogens (tertiary/aromatic N) is 5. The molecule has 2 aromatic rings. The van der Waals surface area contributed by atoms with Crippen molar-refractivity contribution in [2.24, 2.45) is 4.99 Å². The molecule has 0 spiro atoms. The number of halogens is 5. The molecule has 4 aliphatic rings. The van der Waals surface area contributed by atoms with E-state index in [9.17, 15) is 26.0 Å². The van der Waals surface area contributed by atoms with E-state index in [0.717, 1.165) is 18.3 Å². The predicted molar refractivity (Wildman–Crippen MR) is 144 cm³/mol. The van der Waals surface area contributed by atoms with Crippen LogP contribution in [0.5, 0.6) is 0 Å². The summed E-state index contributed by atoms with van der Waals surface area (Å²) in [6.45, 7) is 2.23. The number of rotatable bonds is 6.